The molecule has 1 aliphatic heterocycles. The van der Waals surface area contributed by atoms with E-state index >= 15 is 0 Å². The van der Waals surface area contributed by atoms with E-state index in [1.807, 2.05) is 47.8 Å². The highest BCUT2D eigenvalue weighted by Crippen LogP contribution is 2.29. The van der Waals surface area contributed by atoms with Gasteiger partial charge in [-0.3, -0.25) is 4.79 Å². The monoisotopic (exact) mass is 472 g/mol. The highest BCUT2D eigenvalue weighted by molar-refractivity contribution is 7.89. The summed E-state index contributed by atoms with van der Waals surface area (Å²) in [7, 11) is -2.29. The van der Waals surface area contributed by atoms with E-state index in [1.54, 1.807) is 0 Å². The van der Waals surface area contributed by atoms with Gasteiger partial charge in [-0.1, -0.05) is 36.4 Å². The maximum absolute atomic E-state index is 13.3. The molecule has 168 valence electrons. The van der Waals surface area contributed by atoms with Gasteiger partial charge in [0.2, 0.25) is 10.0 Å². The molecule has 1 N–H and O–H groups in total. The van der Waals surface area contributed by atoms with Crippen molar-refractivity contribution in [3.8, 4) is 5.75 Å². The van der Waals surface area contributed by atoms with Crippen LogP contribution in [0.5, 0.6) is 5.75 Å². The van der Waals surface area contributed by atoms with E-state index < -0.39 is 15.9 Å². The van der Waals surface area contributed by atoms with Crippen molar-refractivity contribution in [2.45, 2.75) is 10.9 Å². The standard InChI is InChI=1S/C23H24N2O5S2/c1-29-20-10-9-18(32(27,28)25-11-13-30-14-12-25)16-19(20)23(26)24-22(21-8-5-15-31-21)17-6-3-2-4-7-17/h2-10,15-16,22H,11-14H2,1H3,(H,24,26). The number of thiophene rings is 1. The second-order valence-electron chi connectivity index (χ2n) is 7.21. The summed E-state index contributed by atoms with van der Waals surface area (Å²) in [5.41, 5.74) is 1.10. The first-order chi connectivity index (χ1) is 15.5. The number of nitrogens with zero attached hydrogens (tertiary/aromatic N) is 1. The molecule has 7 nitrogen and oxygen atoms in total. The number of carbonyl (C=O) groups excluding carboxylic acids is 1. The molecule has 1 aliphatic rings. The van der Waals surface area contributed by atoms with Crippen LogP contribution in [0.25, 0.3) is 0 Å². The first-order valence-corrected chi connectivity index (χ1v) is 12.5. The third kappa shape index (κ3) is 4.71. The Bertz CT molecular complexity index is 1160. The van der Waals surface area contributed by atoms with Crippen molar-refractivity contribution in [2.75, 3.05) is 33.4 Å². The fourth-order valence-electron chi connectivity index (χ4n) is 3.59. The molecule has 2 heterocycles. The summed E-state index contributed by atoms with van der Waals surface area (Å²) < 4.78 is 38.2. The maximum Gasteiger partial charge on any atom is 0.255 e. The molecule has 1 fully saturated rings. The van der Waals surface area contributed by atoms with Crippen LogP contribution in [0, 0.1) is 0 Å². The van der Waals surface area contributed by atoms with Crippen molar-refractivity contribution in [1.82, 2.24) is 9.62 Å². The third-order valence-corrected chi connectivity index (χ3v) is 8.09. The SMILES string of the molecule is COc1ccc(S(=O)(=O)N2CCOCC2)cc1C(=O)NC(c1ccccc1)c1cccs1. The van der Waals surface area contributed by atoms with Gasteiger partial charge >= 0.3 is 0 Å². The van der Waals surface area contributed by atoms with Crippen molar-refractivity contribution in [3.63, 3.8) is 0 Å². The molecular weight excluding hydrogens is 448 g/mol. The van der Waals surface area contributed by atoms with E-state index in [-0.39, 0.29) is 29.6 Å². The number of rotatable bonds is 7. The molecule has 1 amide bonds. The zero-order valence-electron chi connectivity index (χ0n) is 17.6. The van der Waals surface area contributed by atoms with Gasteiger partial charge in [0.15, 0.2) is 0 Å². The number of hydrogen-bond donors (Lipinski definition) is 1. The molecule has 1 atom stereocenters. The first-order valence-electron chi connectivity index (χ1n) is 10.2. The van der Waals surface area contributed by atoms with E-state index in [9.17, 15) is 13.2 Å². The van der Waals surface area contributed by atoms with Crippen LogP contribution >= 0.6 is 11.3 Å². The molecule has 0 aliphatic carbocycles. The molecule has 9 heteroatoms. The lowest BCUT2D eigenvalue weighted by Gasteiger charge is -2.26. The minimum Gasteiger partial charge on any atom is -0.496 e. The molecule has 0 saturated carbocycles. The van der Waals surface area contributed by atoms with Crippen LogP contribution in [0.2, 0.25) is 0 Å². The Kier molecular flexibility index (Phi) is 6.90. The Hall–Kier alpha value is -2.72. The van der Waals surface area contributed by atoms with Crippen molar-refractivity contribution in [3.05, 3.63) is 82.0 Å². The van der Waals surface area contributed by atoms with Crippen LogP contribution in [0.4, 0.5) is 0 Å². The Morgan fingerprint density at radius 2 is 1.84 bits per heavy atom. The van der Waals surface area contributed by atoms with E-state index in [0.29, 0.717) is 19.0 Å². The summed E-state index contributed by atoms with van der Waals surface area (Å²) in [6.07, 6.45) is 0. The molecule has 0 spiro atoms. The lowest BCUT2D eigenvalue weighted by atomic mass is 10.0. The summed E-state index contributed by atoms with van der Waals surface area (Å²) >= 11 is 1.54. The van der Waals surface area contributed by atoms with Gasteiger partial charge in [0.25, 0.3) is 5.91 Å². The van der Waals surface area contributed by atoms with Gasteiger partial charge in [-0.2, -0.15) is 4.31 Å². The van der Waals surface area contributed by atoms with Gasteiger partial charge in [0.05, 0.1) is 36.8 Å². The molecule has 0 radical (unpaired) electrons. The molecule has 1 saturated heterocycles. The summed E-state index contributed by atoms with van der Waals surface area (Å²) in [5, 5.41) is 5.00. The largest absolute Gasteiger partial charge is 0.496 e. The van der Waals surface area contributed by atoms with Gasteiger partial charge in [-0.15, -0.1) is 11.3 Å². The molecule has 0 bridgehead atoms. The molecule has 1 unspecified atom stereocenters. The molecule has 3 aromatic rings. The Balaban J connectivity index is 1.67. The zero-order valence-corrected chi connectivity index (χ0v) is 19.2. The Morgan fingerprint density at radius 1 is 1.09 bits per heavy atom. The smallest absolute Gasteiger partial charge is 0.255 e. The second kappa shape index (κ2) is 9.83. The number of hydrogen-bond acceptors (Lipinski definition) is 6. The number of benzene rings is 2. The van der Waals surface area contributed by atoms with Crippen LogP contribution in [0.3, 0.4) is 0 Å². The summed E-state index contributed by atoms with van der Waals surface area (Å²) in [4.78, 5) is 14.4. The van der Waals surface area contributed by atoms with Crippen LogP contribution in [0.1, 0.15) is 26.8 Å². The lowest BCUT2D eigenvalue weighted by Crippen LogP contribution is -2.40. The number of nitrogens with one attached hydrogen (secondary N) is 1. The minimum atomic E-state index is -3.75. The summed E-state index contributed by atoms with van der Waals surface area (Å²) in [5.74, 6) is -0.107. The van der Waals surface area contributed by atoms with Crippen LogP contribution in [-0.4, -0.2) is 52.0 Å². The van der Waals surface area contributed by atoms with Gasteiger partial charge in [-0.05, 0) is 35.2 Å². The highest BCUT2D eigenvalue weighted by Gasteiger charge is 2.29. The van der Waals surface area contributed by atoms with Crippen LogP contribution in [0.15, 0.2) is 70.9 Å². The van der Waals surface area contributed by atoms with Gasteiger partial charge in [0, 0.05) is 18.0 Å². The summed E-state index contributed by atoms with van der Waals surface area (Å²) in [6.45, 7) is 1.26. The van der Waals surface area contributed by atoms with Gasteiger partial charge in [0.1, 0.15) is 5.75 Å². The molecule has 32 heavy (non-hydrogen) atoms. The van der Waals surface area contributed by atoms with E-state index in [0.717, 1.165) is 10.4 Å². The Labute approximate surface area is 191 Å². The Morgan fingerprint density at radius 3 is 2.50 bits per heavy atom. The van der Waals surface area contributed by atoms with Crippen molar-refractivity contribution in [2.24, 2.45) is 0 Å². The van der Waals surface area contributed by atoms with Crippen LogP contribution < -0.4 is 10.1 Å². The number of morpholine rings is 1. The summed E-state index contributed by atoms with van der Waals surface area (Å²) in [6, 6.07) is 17.5. The van der Waals surface area contributed by atoms with E-state index in [2.05, 4.69) is 5.32 Å². The van der Waals surface area contributed by atoms with Crippen LogP contribution in [-0.2, 0) is 14.8 Å². The maximum atomic E-state index is 13.3. The third-order valence-electron chi connectivity index (χ3n) is 5.26. The predicted molar refractivity (Wildman–Crippen MR) is 123 cm³/mol. The average Bonchev–Trinajstić information content (AvgIpc) is 3.37. The molecule has 4 rings (SSSR count). The number of carbonyl (C=O) groups is 1. The zero-order chi connectivity index (χ0) is 22.6. The molecular formula is C23H24N2O5S2. The van der Waals surface area contributed by atoms with Crippen molar-refractivity contribution < 1.29 is 22.7 Å². The molecule has 2 aromatic carbocycles. The minimum absolute atomic E-state index is 0.0535. The molecule has 1 aromatic heterocycles. The fraction of sp³-hybridized carbons (Fsp3) is 0.261. The second-order valence-corrected chi connectivity index (χ2v) is 10.1. The fourth-order valence-corrected chi connectivity index (χ4v) is 5.83. The number of methoxy groups -OCH3 is 1. The normalized spacial score (nSPS) is 15.8. The highest BCUT2D eigenvalue weighted by atomic mass is 32.2. The average molecular weight is 473 g/mol. The first kappa shape index (κ1) is 22.5. The van der Waals surface area contributed by atoms with E-state index in [1.165, 1.54) is 41.0 Å². The van der Waals surface area contributed by atoms with E-state index in [4.69, 9.17) is 9.47 Å². The predicted octanol–water partition coefficient (Wildman–Crippen LogP) is 3.30. The van der Waals surface area contributed by atoms with Crippen molar-refractivity contribution >= 4 is 27.3 Å². The number of ether oxygens (including phenoxy) is 2. The number of sulfonamides is 1. The van der Waals surface area contributed by atoms with Crippen molar-refractivity contribution in [1.29, 1.82) is 0 Å². The van der Waals surface area contributed by atoms with Gasteiger partial charge in [-0.25, -0.2) is 8.42 Å². The lowest BCUT2D eigenvalue weighted by molar-refractivity contribution is 0.0730. The topological polar surface area (TPSA) is 84.9 Å². The number of amides is 1. The quantitative estimate of drug-likeness (QED) is 0.570. The van der Waals surface area contributed by atoms with Gasteiger partial charge < -0.3 is 14.8 Å².